The first-order valence-electron chi connectivity index (χ1n) is 12.2. The van der Waals surface area contributed by atoms with Crippen LogP contribution in [-0.4, -0.2) is 34.7 Å². The maximum atomic E-state index is 13.4. The Hall–Kier alpha value is -3.18. The van der Waals surface area contributed by atoms with Crippen molar-refractivity contribution in [3.63, 3.8) is 0 Å². The predicted molar refractivity (Wildman–Crippen MR) is 135 cm³/mol. The van der Waals surface area contributed by atoms with E-state index in [2.05, 4.69) is 51.9 Å². The van der Waals surface area contributed by atoms with Crippen molar-refractivity contribution in [3.8, 4) is 5.75 Å². The normalized spacial score (nSPS) is 15.1. The summed E-state index contributed by atoms with van der Waals surface area (Å²) >= 11 is 0. The molecule has 5 heteroatoms. The van der Waals surface area contributed by atoms with Crippen molar-refractivity contribution in [2.24, 2.45) is 5.92 Å². The second-order valence-electron chi connectivity index (χ2n) is 9.34. The Balaban J connectivity index is 1.21. The summed E-state index contributed by atoms with van der Waals surface area (Å²) in [5.74, 6) is 2.58. The van der Waals surface area contributed by atoms with Crippen LogP contribution in [0.1, 0.15) is 36.2 Å². The molecule has 0 bridgehead atoms. The Kier molecular flexibility index (Phi) is 6.91. The molecule has 3 aromatic carbocycles. The summed E-state index contributed by atoms with van der Waals surface area (Å²) in [5, 5.41) is 0. The van der Waals surface area contributed by atoms with Gasteiger partial charge in [0.15, 0.2) is 0 Å². The van der Waals surface area contributed by atoms with Crippen molar-refractivity contribution in [1.29, 1.82) is 0 Å². The molecule has 0 unspecified atom stereocenters. The van der Waals surface area contributed by atoms with Crippen LogP contribution in [0.15, 0.2) is 72.8 Å². The third-order valence-electron chi connectivity index (χ3n) is 7.06. The van der Waals surface area contributed by atoms with E-state index in [9.17, 15) is 4.39 Å². The van der Waals surface area contributed by atoms with Crippen LogP contribution in [-0.2, 0) is 19.5 Å². The molecular formula is C29H32FN3O. The maximum Gasteiger partial charge on any atom is 0.124 e. The molecular weight excluding hydrogens is 425 g/mol. The van der Waals surface area contributed by atoms with Crippen molar-refractivity contribution in [2.45, 2.75) is 38.8 Å². The van der Waals surface area contributed by atoms with Gasteiger partial charge in [-0.1, -0.05) is 36.4 Å². The van der Waals surface area contributed by atoms with E-state index in [1.54, 1.807) is 7.11 Å². The average Bonchev–Trinajstić information content (AvgIpc) is 3.22. The highest BCUT2D eigenvalue weighted by atomic mass is 19.1. The number of aromatic nitrogens is 2. The number of nitrogens with zero attached hydrogens (tertiary/aromatic N) is 3. The lowest BCUT2D eigenvalue weighted by molar-refractivity contribution is 0.167. The number of likely N-dealkylation sites (tertiary alicyclic amines) is 1. The minimum atomic E-state index is -0.200. The number of halogens is 1. The number of fused-ring (bicyclic) bond motifs is 1. The summed E-state index contributed by atoms with van der Waals surface area (Å²) in [7, 11) is 1.71. The Morgan fingerprint density at radius 2 is 1.59 bits per heavy atom. The van der Waals surface area contributed by atoms with Crippen LogP contribution in [0.25, 0.3) is 11.0 Å². The molecule has 176 valence electrons. The van der Waals surface area contributed by atoms with Crippen LogP contribution in [0.3, 0.4) is 0 Å². The van der Waals surface area contributed by atoms with E-state index in [4.69, 9.17) is 9.72 Å². The zero-order valence-corrected chi connectivity index (χ0v) is 19.8. The second-order valence-corrected chi connectivity index (χ2v) is 9.34. The largest absolute Gasteiger partial charge is 0.497 e. The molecule has 34 heavy (non-hydrogen) atoms. The molecule has 0 spiro atoms. The fourth-order valence-electron chi connectivity index (χ4n) is 4.99. The first-order chi connectivity index (χ1) is 16.7. The van der Waals surface area contributed by atoms with Crippen molar-refractivity contribution in [2.75, 3.05) is 20.2 Å². The molecule has 0 atom stereocenters. The van der Waals surface area contributed by atoms with Crippen LogP contribution in [0.5, 0.6) is 5.75 Å². The monoisotopic (exact) mass is 457 g/mol. The molecule has 1 aliphatic rings. The van der Waals surface area contributed by atoms with Crippen LogP contribution in [0, 0.1) is 11.7 Å². The summed E-state index contributed by atoms with van der Waals surface area (Å²) in [6.45, 7) is 3.76. The zero-order valence-electron chi connectivity index (χ0n) is 19.8. The number of aryl methyl sites for hydroxylation is 1. The van der Waals surface area contributed by atoms with Gasteiger partial charge in [0.25, 0.3) is 0 Å². The van der Waals surface area contributed by atoms with E-state index in [0.29, 0.717) is 6.54 Å². The number of rotatable bonds is 8. The molecule has 0 aliphatic carbocycles. The van der Waals surface area contributed by atoms with Crippen LogP contribution >= 0.6 is 0 Å². The number of para-hydroxylation sites is 2. The Morgan fingerprint density at radius 1 is 0.882 bits per heavy atom. The number of benzene rings is 3. The quantitative estimate of drug-likeness (QED) is 0.321. The van der Waals surface area contributed by atoms with E-state index < -0.39 is 0 Å². The van der Waals surface area contributed by atoms with Gasteiger partial charge in [0.1, 0.15) is 17.4 Å². The van der Waals surface area contributed by atoms with E-state index in [1.807, 2.05) is 18.2 Å². The van der Waals surface area contributed by atoms with E-state index in [0.717, 1.165) is 60.1 Å². The lowest BCUT2D eigenvalue weighted by Gasteiger charge is -2.32. The SMILES string of the molecule is COc1ccc(CCC2CCN(Cc3nc4ccccc4n3Cc3ccc(F)cc3)CC2)cc1. The highest BCUT2D eigenvalue weighted by Crippen LogP contribution is 2.25. The summed E-state index contributed by atoms with van der Waals surface area (Å²) in [6, 6.07) is 23.6. The van der Waals surface area contributed by atoms with Crippen molar-refractivity contribution < 1.29 is 9.13 Å². The van der Waals surface area contributed by atoms with Gasteiger partial charge in [-0.25, -0.2) is 9.37 Å². The van der Waals surface area contributed by atoms with Gasteiger partial charge < -0.3 is 9.30 Å². The minimum Gasteiger partial charge on any atom is -0.497 e. The number of methoxy groups -OCH3 is 1. The van der Waals surface area contributed by atoms with Gasteiger partial charge in [-0.15, -0.1) is 0 Å². The van der Waals surface area contributed by atoms with Gasteiger partial charge in [0.05, 0.1) is 24.7 Å². The van der Waals surface area contributed by atoms with Gasteiger partial charge in [0.2, 0.25) is 0 Å². The topological polar surface area (TPSA) is 30.3 Å². The third-order valence-corrected chi connectivity index (χ3v) is 7.06. The number of imidazole rings is 1. The molecule has 2 heterocycles. The second kappa shape index (κ2) is 10.4. The molecule has 1 aromatic heterocycles. The van der Waals surface area contributed by atoms with Gasteiger partial charge >= 0.3 is 0 Å². The maximum absolute atomic E-state index is 13.4. The number of piperidine rings is 1. The van der Waals surface area contributed by atoms with Crippen molar-refractivity contribution in [1.82, 2.24) is 14.5 Å². The molecule has 0 saturated carbocycles. The van der Waals surface area contributed by atoms with Gasteiger partial charge in [0, 0.05) is 6.54 Å². The Bertz CT molecular complexity index is 1210. The minimum absolute atomic E-state index is 0.200. The summed E-state index contributed by atoms with van der Waals surface area (Å²) < 4.78 is 20.9. The lowest BCUT2D eigenvalue weighted by atomic mass is 9.90. The third kappa shape index (κ3) is 5.31. The summed E-state index contributed by atoms with van der Waals surface area (Å²) in [4.78, 5) is 7.50. The Morgan fingerprint density at radius 3 is 2.32 bits per heavy atom. The predicted octanol–water partition coefficient (Wildman–Crippen LogP) is 6.08. The fraction of sp³-hybridized carbons (Fsp3) is 0.345. The van der Waals surface area contributed by atoms with Crippen molar-refractivity contribution >= 4 is 11.0 Å². The molecule has 1 aliphatic heterocycles. The van der Waals surface area contributed by atoms with E-state index in [-0.39, 0.29) is 5.82 Å². The molecule has 1 saturated heterocycles. The van der Waals surface area contributed by atoms with Gasteiger partial charge in [-0.3, -0.25) is 4.90 Å². The van der Waals surface area contributed by atoms with Crippen molar-refractivity contribution in [3.05, 3.63) is 95.6 Å². The molecule has 0 amide bonds. The zero-order chi connectivity index (χ0) is 23.3. The molecule has 0 N–H and O–H groups in total. The molecule has 1 fully saturated rings. The summed E-state index contributed by atoms with van der Waals surface area (Å²) in [6.07, 6.45) is 4.83. The van der Waals surface area contributed by atoms with Crippen LogP contribution in [0.2, 0.25) is 0 Å². The van der Waals surface area contributed by atoms with Gasteiger partial charge in [-0.2, -0.15) is 0 Å². The van der Waals surface area contributed by atoms with E-state index >= 15 is 0 Å². The highest BCUT2D eigenvalue weighted by Gasteiger charge is 2.21. The molecule has 4 nitrogen and oxygen atoms in total. The highest BCUT2D eigenvalue weighted by molar-refractivity contribution is 5.76. The number of hydrogen-bond acceptors (Lipinski definition) is 3. The average molecular weight is 458 g/mol. The molecule has 0 radical (unpaired) electrons. The van der Waals surface area contributed by atoms with Crippen LogP contribution < -0.4 is 4.74 Å². The van der Waals surface area contributed by atoms with E-state index in [1.165, 1.54) is 37.0 Å². The molecule has 4 aromatic rings. The van der Waals surface area contributed by atoms with Crippen LogP contribution in [0.4, 0.5) is 4.39 Å². The first-order valence-corrected chi connectivity index (χ1v) is 12.2. The smallest absolute Gasteiger partial charge is 0.124 e. The Labute approximate surface area is 201 Å². The number of ether oxygens (including phenoxy) is 1. The summed E-state index contributed by atoms with van der Waals surface area (Å²) in [5.41, 5.74) is 4.63. The number of hydrogen-bond donors (Lipinski definition) is 0. The fourth-order valence-corrected chi connectivity index (χ4v) is 4.99. The first kappa shape index (κ1) is 22.6. The molecule has 5 rings (SSSR count). The lowest BCUT2D eigenvalue weighted by Crippen LogP contribution is -2.34. The van der Waals surface area contributed by atoms with Gasteiger partial charge in [-0.05, 0) is 92.2 Å². The standard InChI is InChI=1S/C29H32FN3O/c1-34-26-14-10-22(11-15-26)6-7-23-16-18-32(19-17-23)21-29-31-27-4-2-3-5-28(27)33(29)20-24-8-12-25(30)13-9-24/h2-5,8-15,23H,6-7,16-21H2,1H3.